The maximum atomic E-state index is 3.59. The fourth-order valence-corrected chi connectivity index (χ4v) is 4.63. The van der Waals surface area contributed by atoms with Gasteiger partial charge in [0.2, 0.25) is 0 Å². The predicted molar refractivity (Wildman–Crippen MR) is 74.4 cm³/mol. The van der Waals surface area contributed by atoms with Crippen LogP contribution in [0.5, 0.6) is 0 Å². The van der Waals surface area contributed by atoms with Gasteiger partial charge in [0.1, 0.15) is 0 Å². The van der Waals surface area contributed by atoms with Crippen LogP contribution in [0.1, 0.15) is 37.7 Å². The number of hydrogen-bond donors (Lipinski definition) is 1. The summed E-state index contributed by atoms with van der Waals surface area (Å²) in [5.41, 5.74) is 1.53. The lowest BCUT2D eigenvalue weighted by Gasteiger charge is -2.16. The number of hydrogen-bond acceptors (Lipinski definition) is 2. The third-order valence-corrected chi connectivity index (χ3v) is 5.61. The van der Waals surface area contributed by atoms with Gasteiger partial charge in [0, 0.05) is 6.04 Å². The van der Waals surface area contributed by atoms with E-state index in [2.05, 4.69) is 29.2 Å². The lowest BCUT2D eigenvalue weighted by Crippen LogP contribution is -2.29. The Kier molecular flexibility index (Phi) is 3.53. The van der Waals surface area contributed by atoms with Crippen LogP contribution in [0.2, 0.25) is 0 Å². The van der Waals surface area contributed by atoms with Gasteiger partial charge >= 0.3 is 0 Å². The van der Waals surface area contributed by atoms with E-state index in [1.165, 1.54) is 44.1 Å². The highest BCUT2D eigenvalue weighted by atomic mass is 32.1. The third-order valence-electron chi connectivity index (χ3n) is 4.88. The van der Waals surface area contributed by atoms with Gasteiger partial charge in [-0.05, 0) is 72.9 Å². The smallest absolute Gasteiger partial charge is 0.0101 e. The van der Waals surface area contributed by atoms with Gasteiger partial charge in [0.25, 0.3) is 0 Å². The molecular weight excluding hydrogens is 226 g/mol. The molecule has 0 aromatic carbocycles. The first kappa shape index (κ1) is 11.7. The summed E-state index contributed by atoms with van der Waals surface area (Å²) in [6.07, 6.45) is 8.56. The summed E-state index contributed by atoms with van der Waals surface area (Å²) in [5.74, 6) is 3.15. The van der Waals surface area contributed by atoms with Crippen molar-refractivity contribution in [2.24, 2.45) is 17.8 Å². The monoisotopic (exact) mass is 249 g/mol. The minimum absolute atomic E-state index is 0.767. The van der Waals surface area contributed by atoms with Crippen molar-refractivity contribution in [3.63, 3.8) is 0 Å². The Hall–Kier alpha value is -0.340. The Morgan fingerprint density at radius 2 is 2.12 bits per heavy atom. The van der Waals surface area contributed by atoms with Crippen molar-refractivity contribution in [1.29, 1.82) is 0 Å². The molecule has 94 valence electrons. The maximum Gasteiger partial charge on any atom is 0.0101 e. The molecule has 2 fully saturated rings. The van der Waals surface area contributed by atoms with Gasteiger partial charge in [0.15, 0.2) is 0 Å². The first-order chi connectivity index (χ1) is 8.40. The van der Waals surface area contributed by atoms with Crippen LogP contribution in [-0.2, 0) is 6.42 Å². The van der Waals surface area contributed by atoms with Crippen molar-refractivity contribution < 1.29 is 0 Å². The molecule has 0 radical (unpaired) electrons. The quantitative estimate of drug-likeness (QED) is 0.839. The lowest BCUT2D eigenvalue weighted by atomic mass is 10.0. The Balaban J connectivity index is 1.53. The van der Waals surface area contributed by atoms with Gasteiger partial charge in [0.05, 0.1) is 0 Å². The van der Waals surface area contributed by atoms with E-state index in [0.29, 0.717) is 0 Å². The second kappa shape index (κ2) is 5.11. The molecule has 3 atom stereocenters. The predicted octanol–water partition coefficient (Wildman–Crippen LogP) is 3.70. The van der Waals surface area contributed by atoms with Crippen LogP contribution < -0.4 is 5.32 Å². The summed E-state index contributed by atoms with van der Waals surface area (Å²) >= 11 is 1.82. The van der Waals surface area contributed by atoms with Crippen molar-refractivity contribution in [2.45, 2.75) is 44.6 Å². The number of thiophene rings is 1. The average Bonchev–Trinajstić information content (AvgIpc) is 2.84. The van der Waals surface area contributed by atoms with E-state index in [1.807, 2.05) is 11.3 Å². The third kappa shape index (κ3) is 2.43. The van der Waals surface area contributed by atoms with Gasteiger partial charge in [-0.1, -0.05) is 12.8 Å². The molecule has 0 bridgehead atoms. The molecule has 0 amide bonds. The van der Waals surface area contributed by atoms with E-state index in [1.54, 1.807) is 0 Å². The topological polar surface area (TPSA) is 12.0 Å². The van der Waals surface area contributed by atoms with Gasteiger partial charge in [-0.3, -0.25) is 0 Å². The largest absolute Gasteiger partial charge is 0.317 e. The molecule has 0 saturated heterocycles. The summed E-state index contributed by atoms with van der Waals surface area (Å²) in [7, 11) is 2.16. The fraction of sp³-hybridized carbons (Fsp3) is 0.733. The number of rotatable bonds is 5. The van der Waals surface area contributed by atoms with Gasteiger partial charge < -0.3 is 5.32 Å². The zero-order chi connectivity index (χ0) is 11.7. The van der Waals surface area contributed by atoms with E-state index in [4.69, 9.17) is 0 Å². The highest BCUT2D eigenvalue weighted by Crippen LogP contribution is 2.57. The Bertz CT molecular complexity index is 334. The number of aryl methyl sites for hydroxylation is 1. The minimum atomic E-state index is 0.767. The summed E-state index contributed by atoms with van der Waals surface area (Å²) in [6, 6.07) is 3.04. The number of nitrogens with one attached hydrogen (secondary N) is 1. The molecule has 1 aromatic rings. The molecule has 1 heterocycles. The average molecular weight is 249 g/mol. The van der Waals surface area contributed by atoms with Crippen molar-refractivity contribution in [3.8, 4) is 0 Å². The van der Waals surface area contributed by atoms with Crippen molar-refractivity contribution in [1.82, 2.24) is 5.32 Å². The molecule has 0 spiro atoms. The van der Waals surface area contributed by atoms with Gasteiger partial charge in [-0.15, -0.1) is 0 Å². The van der Waals surface area contributed by atoms with Crippen LogP contribution in [0.4, 0.5) is 0 Å². The summed E-state index contributed by atoms with van der Waals surface area (Å²) in [5, 5.41) is 8.08. The molecule has 1 nitrogen and oxygen atoms in total. The molecule has 1 aromatic heterocycles. The lowest BCUT2D eigenvalue weighted by molar-refractivity contribution is 0.435. The molecule has 2 aliphatic carbocycles. The SMILES string of the molecule is CNC(CCc1ccsc1)C1C2CCCCC21. The Morgan fingerprint density at radius 3 is 2.71 bits per heavy atom. The first-order valence-corrected chi connectivity index (χ1v) is 8.03. The molecule has 2 saturated carbocycles. The molecule has 0 aliphatic heterocycles. The van der Waals surface area contributed by atoms with E-state index in [9.17, 15) is 0 Å². The second-order valence-electron chi connectivity index (χ2n) is 5.75. The second-order valence-corrected chi connectivity index (χ2v) is 6.53. The van der Waals surface area contributed by atoms with Crippen molar-refractivity contribution in [3.05, 3.63) is 22.4 Å². The van der Waals surface area contributed by atoms with Crippen LogP contribution in [0.3, 0.4) is 0 Å². The zero-order valence-corrected chi connectivity index (χ0v) is 11.5. The summed E-state index contributed by atoms with van der Waals surface area (Å²) in [6.45, 7) is 0. The van der Waals surface area contributed by atoms with Crippen molar-refractivity contribution >= 4 is 11.3 Å². The van der Waals surface area contributed by atoms with E-state index in [-0.39, 0.29) is 0 Å². The Labute approximate surface area is 109 Å². The molecule has 3 unspecified atom stereocenters. The summed E-state index contributed by atoms with van der Waals surface area (Å²) in [4.78, 5) is 0. The molecule has 3 rings (SSSR count). The summed E-state index contributed by atoms with van der Waals surface area (Å²) < 4.78 is 0. The molecule has 2 heteroatoms. The minimum Gasteiger partial charge on any atom is -0.317 e. The van der Waals surface area contributed by atoms with E-state index >= 15 is 0 Å². The zero-order valence-electron chi connectivity index (χ0n) is 10.7. The first-order valence-electron chi connectivity index (χ1n) is 7.08. The standard InChI is InChI=1S/C15H23NS/c1-16-14(7-6-11-8-9-17-10-11)15-12-4-2-3-5-13(12)15/h8-10,12-16H,2-7H2,1H3. The molecule has 1 N–H and O–H groups in total. The van der Waals surface area contributed by atoms with Crippen LogP contribution in [0.15, 0.2) is 16.8 Å². The molecular formula is C15H23NS. The van der Waals surface area contributed by atoms with Crippen LogP contribution >= 0.6 is 11.3 Å². The molecule has 2 aliphatic rings. The van der Waals surface area contributed by atoms with Crippen LogP contribution in [0.25, 0.3) is 0 Å². The normalized spacial score (nSPS) is 33.1. The van der Waals surface area contributed by atoms with Crippen LogP contribution in [0, 0.1) is 17.8 Å². The fourth-order valence-electron chi connectivity index (χ4n) is 3.93. The van der Waals surface area contributed by atoms with Crippen LogP contribution in [-0.4, -0.2) is 13.1 Å². The highest BCUT2D eigenvalue weighted by molar-refractivity contribution is 7.07. The van der Waals surface area contributed by atoms with Gasteiger partial charge in [-0.25, -0.2) is 0 Å². The maximum absolute atomic E-state index is 3.59. The van der Waals surface area contributed by atoms with E-state index in [0.717, 1.165) is 23.8 Å². The Morgan fingerprint density at radius 1 is 1.35 bits per heavy atom. The van der Waals surface area contributed by atoms with Gasteiger partial charge in [-0.2, -0.15) is 11.3 Å². The highest BCUT2D eigenvalue weighted by Gasteiger charge is 2.53. The molecule has 17 heavy (non-hydrogen) atoms. The van der Waals surface area contributed by atoms with Crippen molar-refractivity contribution in [2.75, 3.05) is 7.05 Å². The van der Waals surface area contributed by atoms with E-state index < -0.39 is 0 Å². The number of fused-ring (bicyclic) bond motifs is 1.